The topological polar surface area (TPSA) is 134 Å². The molecule has 0 unspecified atom stereocenters. The van der Waals surface area contributed by atoms with E-state index in [1.807, 2.05) is 13.8 Å². The van der Waals surface area contributed by atoms with Crippen molar-refractivity contribution in [3.8, 4) is 11.9 Å². The SMILES string of the molecule is COc1nccnc1NS(=O)(=O)c1ccsc1C(=O)Nc1c(C)cc(C)c(C#N)c1C. The largest absolute Gasteiger partial charge is 0.478 e. The summed E-state index contributed by atoms with van der Waals surface area (Å²) in [5.41, 5.74) is 3.14. The molecule has 31 heavy (non-hydrogen) atoms. The molecular formula is C20H19N5O4S2. The zero-order valence-corrected chi connectivity index (χ0v) is 18.8. The highest BCUT2D eigenvalue weighted by Gasteiger charge is 2.26. The molecule has 0 fully saturated rings. The van der Waals surface area contributed by atoms with Gasteiger partial charge in [-0.2, -0.15) is 5.26 Å². The molecule has 0 saturated heterocycles. The first kappa shape index (κ1) is 22.2. The van der Waals surface area contributed by atoms with Gasteiger partial charge in [-0.05, 0) is 48.9 Å². The summed E-state index contributed by atoms with van der Waals surface area (Å²) in [6.45, 7) is 5.37. The van der Waals surface area contributed by atoms with Crippen molar-refractivity contribution in [2.75, 3.05) is 17.1 Å². The second-order valence-corrected chi connectivity index (χ2v) is 9.15. The third-order valence-electron chi connectivity index (χ3n) is 4.54. The van der Waals surface area contributed by atoms with Crippen LogP contribution in [0.3, 0.4) is 0 Å². The van der Waals surface area contributed by atoms with Crippen molar-refractivity contribution < 1.29 is 17.9 Å². The first-order chi connectivity index (χ1) is 14.7. The fraction of sp³-hybridized carbons (Fsp3) is 0.200. The molecule has 160 valence electrons. The molecule has 0 aliphatic carbocycles. The van der Waals surface area contributed by atoms with Gasteiger partial charge < -0.3 is 10.1 Å². The normalized spacial score (nSPS) is 10.9. The van der Waals surface area contributed by atoms with Crippen molar-refractivity contribution in [1.82, 2.24) is 9.97 Å². The molecule has 2 heterocycles. The van der Waals surface area contributed by atoms with Crippen LogP contribution in [0.4, 0.5) is 11.5 Å². The molecule has 0 saturated carbocycles. The van der Waals surface area contributed by atoms with Gasteiger partial charge in [-0.25, -0.2) is 18.4 Å². The molecule has 11 heteroatoms. The number of sulfonamides is 1. The number of anilines is 2. The molecule has 0 bridgehead atoms. The monoisotopic (exact) mass is 457 g/mol. The number of aryl methyl sites for hydroxylation is 2. The molecule has 1 amide bonds. The lowest BCUT2D eigenvalue weighted by molar-refractivity contribution is 0.102. The molecule has 2 aromatic heterocycles. The summed E-state index contributed by atoms with van der Waals surface area (Å²) in [4.78, 5) is 20.6. The van der Waals surface area contributed by atoms with E-state index >= 15 is 0 Å². The Labute approximate surface area is 183 Å². The second kappa shape index (κ2) is 8.71. The predicted molar refractivity (Wildman–Crippen MR) is 117 cm³/mol. The lowest BCUT2D eigenvalue weighted by Gasteiger charge is -2.15. The highest BCUT2D eigenvalue weighted by molar-refractivity contribution is 7.93. The Hall–Kier alpha value is -3.49. The van der Waals surface area contributed by atoms with Crippen LogP contribution in [0.15, 0.2) is 34.8 Å². The Bertz CT molecular complexity index is 1310. The lowest BCUT2D eigenvalue weighted by atomic mass is 9.98. The Kier molecular flexibility index (Phi) is 6.24. The summed E-state index contributed by atoms with van der Waals surface area (Å²) in [5.74, 6) is -0.686. The van der Waals surface area contributed by atoms with Crippen molar-refractivity contribution in [2.45, 2.75) is 25.7 Å². The van der Waals surface area contributed by atoms with E-state index in [-0.39, 0.29) is 21.5 Å². The summed E-state index contributed by atoms with van der Waals surface area (Å²) in [6, 6.07) is 5.27. The quantitative estimate of drug-likeness (QED) is 0.579. The average molecular weight is 458 g/mol. The van der Waals surface area contributed by atoms with Crippen LogP contribution in [0.2, 0.25) is 0 Å². The Morgan fingerprint density at radius 2 is 1.90 bits per heavy atom. The zero-order valence-electron chi connectivity index (χ0n) is 17.2. The van der Waals surface area contributed by atoms with Crippen LogP contribution >= 0.6 is 11.3 Å². The van der Waals surface area contributed by atoms with Gasteiger partial charge in [0.25, 0.3) is 21.8 Å². The first-order valence-electron chi connectivity index (χ1n) is 8.97. The number of hydrogen-bond donors (Lipinski definition) is 2. The minimum absolute atomic E-state index is 0.00208. The van der Waals surface area contributed by atoms with E-state index in [1.165, 1.54) is 30.9 Å². The van der Waals surface area contributed by atoms with Gasteiger partial charge in [0.05, 0.1) is 18.7 Å². The van der Waals surface area contributed by atoms with Gasteiger partial charge in [-0.3, -0.25) is 9.52 Å². The molecule has 0 aliphatic heterocycles. The summed E-state index contributed by atoms with van der Waals surface area (Å²) < 4.78 is 33.2. The van der Waals surface area contributed by atoms with Crippen LogP contribution in [0, 0.1) is 32.1 Å². The maximum Gasteiger partial charge on any atom is 0.267 e. The van der Waals surface area contributed by atoms with Gasteiger partial charge in [0, 0.05) is 18.1 Å². The number of amides is 1. The van der Waals surface area contributed by atoms with Crippen molar-refractivity contribution in [3.05, 3.63) is 57.0 Å². The molecule has 3 aromatic rings. The van der Waals surface area contributed by atoms with Crippen LogP contribution < -0.4 is 14.8 Å². The number of nitrogens with one attached hydrogen (secondary N) is 2. The Balaban J connectivity index is 1.95. The van der Waals surface area contributed by atoms with E-state index in [0.717, 1.165) is 22.5 Å². The van der Waals surface area contributed by atoms with E-state index < -0.39 is 15.9 Å². The van der Waals surface area contributed by atoms with Crippen LogP contribution in [-0.2, 0) is 10.0 Å². The highest BCUT2D eigenvalue weighted by Crippen LogP contribution is 2.30. The second-order valence-electron chi connectivity index (χ2n) is 6.58. The number of methoxy groups -OCH3 is 1. The van der Waals surface area contributed by atoms with E-state index in [0.29, 0.717) is 16.8 Å². The van der Waals surface area contributed by atoms with Crippen molar-refractivity contribution in [2.24, 2.45) is 0 Å². The van der Waals surface area contributed by atoms with Crippen molar-refractivity contribution >= 4 is 38.8 Å². The number of ether oxygens (including phenoxy) is 1. The number of benzene rings is 1. The van der Waals surface area contributed by atoms with Gasteiger partial charge in [-0.15, -0.1) is 11.3 Å². The summed E-state index contributed by atoms with van der Waals surface area (Å²) >= 11 is 0.986. The number of thiophene rings is 1. The minimum atomic E-state index is -4.15. The number of nitrogens with zero attached hydrogens (tertiary/aromatic N) is 3. The van der Waals surface area contributed by atoms with E-state index in [9.17, 15) is 18.5 Å². The van der Waals surface area contributed by atoms with Gasteiger partial charge >= 0.3 is 0 Å². The van der Waals surface area contributed by atoms with Crippen LogP contribution in [0.25, 0.3) is 0 Å². The average Bonchev–Trinajstić information content (AvgIpc) is 3.22. The molecule has 9 nitrogen and oxygen atoms in total. The highest BCUT2D eigenvalue weighted by atomic mass is 32.2. The maximum absolute atomic E-state index is 13.0. The number of nitriles is 1. The third-order valence-corrected chi connectivity index (χ3v) is 6.96. The molecule has 2 N–H and O–H groups in total. The van der Waals surface area contributed by atoms with Crippen LogP contribution in [0.5, 0.6) is 5.88 Å². The smallest absolute Gasteiger partial charge is 0.267 e. The molecule has 0 radical (unpaired) electrons. The third kappa shape index (κ3) is 4.35. The number of rotatable bonds is 6. The van der Waals surface area contributed by atoms with E-state index in [1.54, 1.807) is 13.0 Å². The Morgan fingerprint density at radius 3 is 2.58 bits per heavy atom. The lowest BCUT2D eigenvalue weighted by Crippen LogP contribution is -2.20. The number of carbonyl (C=O) groups excluding carboxylic acids is 1. The van der Waals surface area contributed by atoms with Gasteiger partial charge in [-0.1, -0.05) is 6.07 Å². The number of carbonyl (C=O) groups is 1. The van der Waals surface area contributed by atoms with Crippen molar-refractivity contribution in [3.63, 3.8) is 0 Å². The van der Waals surface area contributed by atoms with Crippen LogP contribution in [-0.4, -0.2) is 31.4 Å². The summed E-state index contributed by atoms with van der Waals surface area (Å²) in [5, 5.41) is 13.7. The number of aromatic nitrogens is 2. The fourth-order valence-electron chi connectivity index (χ4n) is 3.12. The zero-order chi connectivity index (χ0) is 22.8. The van der Waals surface area contributed by atoms with Gasteiger partial charge in [0.1, 0.15) is 9.77 Å². The first-order valence-corrected chi connectivity index (χ1v) is 11.3. The molecule has 0 aliphatic rings. The fourth-order valence-corrected chi connectivity index (χ4v) is 5.45. The number of hydrogen-bond acceptors (Lipinski definition) is 8. The maximum atomic E-state index is 13.0. The van der Waals surface area contributed by atoms with E-state index in [2.05, 4.69) is 26.1 Å². The Morgan fingerprint density at radius 1 is 1.19 bits per heavy atom. The van der Waals surface area contributed by atoms with E-state index in [4.69, 9.17) is 4.74 Å². The molecule has 0 spiro atoms. The predicted octanol–water partition coefficient (Wildman–Crippen LogP) is 3.40. The molecule has 3 rings (SSSR count). The van der Waals surface area contributed by atoms with Crippen LogP contribution in [0.1, 0.15) is 31.9 Å². The minimum Gasteiger partial charge on any atom is -0.478 e. The summed E-state index contributed by atoms with van der Waals surface area (Å²) in [6.07, 6.45) is 2.68. The standard InChI is InChI=1S/C20H19N5O4S2/c1-11-9-12(2)16(13(3)14(11)10-21)24-19(26)17-15(5-8-30-17)31(27,28)25-18-20(29-4)23-7-6-22-18/h5-9H,1-4H3,(H,22,25)(H,24,26). The van der Waals surface area contributed by atoms with Crippen molar-refractivity contribution in [1.29, 1.82) is 5.26 Å². The van der Waals surface area contributed by atoms with Gasteiger partial charge in [0.2, 0.25) is 5.82 Å². The molecular weight excluding hydrogens is 438 g/mol. The summed E-state index contributed by atoms with van der Waals surface area (Å²) in [7, 11) is -2.81. The van der Waals surface area contributed by atoms with Gasteiger partial charge in [0.15, 0.2) is 0 Å². The molecule has 1 aromatic carbocycles. The molecule has 0 atom stereocenters.